The maximum absolute atomic E-state index is 12.1. The van der Waals surface area contributed by atoms with Crippen molar-refractivity contribution in [1.82, 2.24) is 14.9 Å². The number of amides is 1. The Morgan fingerprint density at radius 2 is 2.20 bits per heavy atom. The van der Waals surface area contributed by atoms with Crippen molar-refractivity contribution in [2.24, 2.45) is 5.92 Å². The van der Waals surface area contributed by atoms with Gasteiger partial charge in [-0.1, -0.05) is 12.1 Å². The van der Waals surface area contributed by atoms with E-state index in [-0.39, 0.29) is 11.8 Å². The van der Waals surface area contributed by atoms with E-state index in [1.54, 1.807) is 13.0 Å². The number of nitrogens with one attached hydrogen (secondary N) is 1. The van der Waals surface area contributed by atoms with E-state index in [2.05, 4.69) is 31.5 Å². The first-order valence-corrected chi connectivity index (χ1v) is 7.11. The molecule has 0 aliphatic carbocycles. The summed E-state index contributed by atoms with van der Waals surface area (Å²) in [7, 11) is 0. The van der Waals surface area contributed by atoms with Gasteiger partial charge in [-0.15, -0.1) is 0 Å². The van der Waals surface area contributed by atoms with Gasteiger partial charge >= 0.3 is 0 Å². The second-order valence-electron chi connectivity index (χ2n) is 4.88. The van der Waals surface area contributed by atoms with Crippen molar-refractivity contribution >= 4 is 27.7 Å². The molecule has 1 unspecified atom stereocenters. The molecule has 108 valence electrons. The van der Waals surface area contributed by atoms with Gasteiger partial charge < -0.3 is 9.84 Å². The lowest BCUT2D eigenvalue weighted by atomic mass is 10.1. The average molecular weight is 341 g/mol. The maximum atomic E-state index is 12.1. The zero-order chi connectivity index (χ0) is 14.9. The Balaban J connectivity index is 2.02. The summed E-state index contributed by atoms with van der Waals surface area (Å²) in [5.74, 6) is 0.767. The monoisotopic (exact) mass is 340 g/mol. The van der Waals surface area contributed by atoms with Crippen molar-refractivity contribution in [1.29, 1.82) is 0 Å². The highest BCUT2D eigenvalue weighted by molar-refractivity contribution is 9.10. The molecule has 20 heavy (non-hydrogen) atoms. The van der Waals surface area contributed by atoms with Crippen LogP contribution in [0.25, 0.3) is 0 Å². The normalized spacial score (nSPS) is 12.4. The minimum absolute atomic E-state index is 0.109. The standard InChI is InChI=1S/C13H17BrN4O2/c1-7(6-18-10(4)12(14)9(3)16-18)13(19)15-11-5-8(2)20-17-11/h5,7H,6H2,1-4H3,(H,15,17,19). The van der Waals surface area contributed by atoms with E-state index >= 15 is 0 Å². The lowest BCUT2D eigenvalue weighted by Crippen LogP contribution is -2.25. The van der Waals surface area contributed by atoms with Gasteiger partial charge in [-0.2, -0.15) is 5.10 Å². The smallest absolute Gasteiger partial charge is 0.230 e. The number of aryl methyl sites for hydroxylation is 2. The van der Waals surface area contributed by atoms with Crippen LogP contribution in [0.4, 0.5) is 5.82 Å². The summed E-state index contributed by atoms with van der Waals surface area (Å²) >= 11 is 3.48. The van der Waals surface area contributed by atoms with Crippen molar-refractivity contribution in [2.45, 2.75) is 34.2 Å². The fraction of sp³-hybridized carbons (Fsp3) is 0.462. The molecule has 0 aliphatic rings. The quantitative estimate of drug-likeness (QED) is 0.928. The van der Waals surface area contributed by atoms with Crippen molar-refractivity contribution in [3.8, 4) is 0 Å². The molecule has 2 aromatic rings. The summed E-state index contributed by atoms with van der Waals surface area (Å²) in [6.07, 6.45) is 0. The number of aromatic nitrogens is 3. The summed E-state index contributed by atoms with van der Waals surface area (Å²) in [5.41, 5.74) is 1.93. The van der Waals surface area contributed by atoms with E-state index in [1.165, 1.54) is 0 Å². The molecule has 1 N–H and O–H groups in total. The minimum atomic E-state index is -0.225. The number of rotatable bonds is 4. The Morgan fingerprint density at radius 1 is 1.50 bits per heavy atom. The van der Waals surface area contributed by atoms with Gasteiger partial charge in [-0.25, -0.2) is 0 Å². The van der Waals surface area contributed by atoms with Crippen LogP contribution in [0.5, 0.6) is 0 Å². The molecule has 0 saturated carbocycles. The van der Waals surface area contributed by atoms with Gasteiger partial charge in [0.25, 0.3) is 0 Å². The third-order valence-electron chi connectivity index (χ3n) is 3.07. The van der Waals surface area contributed by atoms with Gasteiger partial charge in [0.1, 0.15) is 5.76 Å². The molecule has 2 heterocycles. The van der Waals surface area contributed by atoms with Crippen LogP contribution >= 0.6 is 15.9 Å². The number of carbonyl (C=O) groups is 1. The lowest BCUT2D eigenvalue weighted by molar-refractivity contribution is -0.119. The van der Waals surface area contributed by atoms with Gasteiger partial charge in [0.2, 0.25) is 5.91 Å². The Morgan fingerprint density at radius 3 is 2.70 bits per heavy atom. The molecule has 1 amide bonds. The Bertz CT molecular complexity index is 632. The van der Waals surface area contributed by atoms with Gasteiger partial charge in [0, 0.05) is 11.8 Å². The first-order chi connectivity index (χ1) is 9.38. The van der Waals surface area contributed by atoms with E-state index in [0.29, 0.717) is 18.1 Å². The van der Waals surface area contributed by atoms with E-state index in [0.717, 1.165) is 15.9 Å². The minimum Gasteiger partial charge on any atom is -0.360 e. The van der Waals surface area contributed by atoms with E-state index < -0.39 is 0 Å². The van der Waals surface area contributed by atoms with Crippen LogP contribution in [-0.4, -0.2) is 20.8 Å². The summed E-state index contributed by atoms with van der Waals surface area (Å²) in [5, 5.41) is 10.9. The molecule has 6 nitrogen and oxygen atoms in total. The number of nitrogens with zero attached hydrogens (tertiary/aromatic N) is 3. The molecule has 7 heteroatoms. The summed E-state index contributed by atoms with van der Waals surface area (Å²) in [6.45, 7) is 8.04. The molecule has 0 fully saturated rings. The van der Waals surface area contributed by atoms with E-state index in [9.17, 15) is 4.79 Å². The Labute approximate surface area is 125 Å². The summed E-state index contributed by atoms with van der Waals surface area (Å²) in [6, 6.07) is 1.69. The second-order valence-corrected chi connectivity index (χ2v) is 5.67. The zero-order valence-electron chi connectivity index (χ0n) is 11.9. The molecule has 0 aliphatic heterocycles. The number of anilines is 1. The first kappa shape index (κ1) is 14.8. The van der Waals surface area contributed by atoms with Crippen LogP contribution in [0.3, 0.4) is 0 Å². The Kier molecular flexibility index (Phi) is 4.27. The summed E-state index contributed by atoms with van der Waals surface area (Å²) < 4.78 is 7.73. The predicted molar refractivity (Wildman–Crippen MR) is 78.4 cm³/mol. The van der Waals surface area contributed by atoms with Crippen LogP contribution in [0.1, 0.15) is 24.1 Å². The molecule has 0 spiro atoms. The third kappa shape index (κ3) is 3.09. The topological polar surface area (TPSA) is 73.0 Å². The lowest BCUT2D eigenvalue weighted by Gasteiger charge is -2.12. The summed E-state index contributed by atoms with van der Waals surface area (Å²) in [4.78, 5) is 12.1. The number of halogens is 1. The highest BCUT2D eigenvalue weighted by Crippen LogP contribution is 2.20. The molecular weight excluding hydrogens is 324 g/mol. The molecule has 0 radical (unpaired) electrons. The van der Waals surface area contributed by atoms with Crippen molar-refractivity contribution in [2.75, 3.05) is 5.32 Å². The van der Waals surface area contributed by atoms with E-state index in [1.807, 2.05) is 25.5 Å². The van der Waals surface area contributed by atoms with Gasteiger partial charge in [0.05, 0.1) is 22.6 Å². The SMILES string of the molecule is Cc1cc(NC(=O)C(C)Cn2nc(C)c(Br)c2C)no1. The maximum Gasteiger partial charge on any atom is 0.230 e. The van der Waals surface area contributed by atoms with Crippen LogP contribution in [0.15, 0.2) is 15.1 Å². The highest BCUT2D eigenvalue weighted by Gasteiger charge is 2.18. The number of hydrogen-bond donors (Lipinski definition) is 1. The second kappa shape index (κ2) is 5.78. The fourth-order valence-corrected chi connectivity index (χ4v) is 2.15. The molecular formula is C13H17BrN4O2. The fourth-order valence-electron chi connectivity index (χ4n) is 1.87. The van der Waals surface area contributed by atoms with E-state index in [4.69, 9.17) is 4.52 Å². The van der Waals surface area contributed by atoms with Crippen LogP contribution in [0.2, 0.25) is 0 Å². The molecule has 0 aromatic carbocycles. The molecule has 0 saturated heterocycles. The van der Waals surface area contributed by atoms with Gasteiger partial charge in [0.15, 0.2) is 5.82 Å². The van der Waals surface area contributed by atoms with Crippen LogP contribution < -0.4 is 5.32 Å². The van der Waals surface area contributed by atoms with Gasteiger partial charge in [-0.05, 0) is 36.7 Å². The van der Waals surface area contributed by atoms with Gasteiger partial charge in [-0.3, -0.25) is 9.48 Å². The third-order valence-corrected chi connectivity index (χ3v) is 4.21. The molecule has 2 rings (SSSR count). The van der Waals surface area contributed by atoms with Crippen molar-refractivity contribution < 1.29 is 9.32 Å². The highest BCUT2D eigenvalue weighted by atomic mass is 79.9. The van der Waals surface area contributed by atoms with Crippen LogP contribution in [-0.2, 0) is 11.3 Å². The molecule has 1 atom stereocenters. The Hall–Kier alpha value is -1.63. The van der Waals surface area contributed by atoms with Crippen molar-refractivity contribution in [3.63, 3.8) is 0 Å². The average Bonchev–Trinajstić information content (AvgIpc) is 2.89. The zero-order valence-corrected chi connectivity index (χ0v) is 13.5. The molecule has 0 bridgehead atoms. The van der Waals surface area contributed by atoms with Crippen LogP contribution in [0, 0.1) is 26.7 Å². The van der Waals surface area contributed by atoms with Crippen molar-refractivity contribution in [3.05, 3.63) is 27.7 Å². The predicted octanol–water partition coefficient (Wildman–Crippen LogP) is 2.83. The molecule has 2 aromatic heterocycles. The number of carbonyl (C=O) groups excluding carboxylic acids is 1. The largest absolute Gasteiger partial charge is 0.360 e. The number of hydrogen-bond acceptors (Lipinski definition) is 4. The first-order valence-electron chi connectivity index (χ1n) is 6.32.